The number of hydrogen-bond donors (Lipinski definition) is 1. The third-order valence-electron chi connectivity index (χ3n) is 2.20. The number of pyridine rings is 1. The lowest BCUT2D eigenvalue weighted by Crippen LogP contribution is -1.84. The van der Waals surface area contributed by atoms with E-state index >= 15 is 0 Å². The molecule has 1 heterocycles. The Morgan fingerprint density at radius 3 is 2.60 bits per heavy atom. The van der Waals surface area contributed by atoms with Gasteiger partial charge < -0.3 is 5.11 Å². The maximum atomic E-state index is 9.12. The van der Waals surface area contributed by atoms with Crippen molar-refractivity contribution in [2.45, 2.75) is 6.92 Å². The summed E-state index contributed by atoms with van der Waals surface area (Å²) >= 11 is 5.93. The van der Waals surface area contributed by atoms with Crippen molar-refractivity contribution in [3.8, 4) is 17.0 Å². The predicted octanol–water partition coefficient (Wildman–Crippen LogP) is 3.42. The minimum Gasteiger partial charge on any atom is -0.506 e. The first-order chi connectivity index (χ1) is 7.16. The highest BCUT2D eigenvalue weighted by atomic mass is 35.5. The van der Waals surface area contributed by atoms with Gasteiger partial charge in [0.05, 0.1) is 11.9 Å². The van der Waals surface area contributed by atoms with E-state index in [4.69, 9.17) is 16.7 Å². The fourth-order valence-electron chi connectivity index (χ4n) is 1.36. The molecular weight excluding hydrogens is 210 g/mol. The van der Waals surface area contributed by atoms with Gasteiger partial charge in [0.15, 0.2) is 0 Å². The smallest absolute Gasteiger partial charge is 0.133 e. The first kappa shape index (κ1) is 9.99. The quantitative estimate of drug-likeness (QED) is 0.797. The molecule has 0 aliphatic heterocycles. The van der Waals surface area contributed by atoms with Gasteiger partial charge in [0.25, 0.3) is 0 Å². The van der Waals surface area contributed by atoms with E-state index in [1.54, 1.807) is 12.1 Å². The van der Waals surface area contributed by atoms with Crippen molar-refractivity contribution in [3.05, 3.63) is 47.1 Å². The van der Waals surface area contributed by atoms with Gasteiger partial charge in [-0.3, -0.25) is 4.98 Å². The lowest BCUT2D eigenvalue weighted by atomic mass is 10.1. The van der Waals surface area contributed by atoms with Gasteiger partial charge in [-0.05, 0) is 36.8 Å². The molecule has 2 rings (SSSR count). The SMILES string of the molecule is Cc1cc(-c2ccc(O)cn2)ccc1Cl. The Morgan fingerprint density at radius 1 is 1.20 bits per heavy atom. The number of nitrogens with zero attached hydrogens (tertiary/aromatic N) is 1. The Labute approximate surface area is 93.2 Å². The Kier molecular flexibility index (Phi) is 2.60. The molecule has 1 aromatic carbocycles. The van der Waals surface area contributed by atoms with Crippen LogP contribution in [-0.2, 0) is 0 Å². The second-order valence-corrected chi connectivity index (χ2v) is 3.77. The first-order valence-corrected chi connectivity index (χ1v) is 4.96. The number of benzene rings is 1. The van der Waals surface area contributed by atoms with Gasteiger partial charge in [0.1, 0.15) is 5.75 Å². The third-order valence-corrected chi connectivity index (χ3v) is 2.63. The largest absolute Gasteiger partial charge is 0.506 e. The molecule has 0 atom stereocenters. The summed E-state index contributed by atoms with van der Waals surface area (Å²) in [6.07, 6.45) is 1.43. The molecule has 3 heteroatoms. The summed E-state index contributed by atoms with van der Waals surface area (Å²) < 4.78 is 0. The van der Waals surface area contributed by atoms with E-state index in [1.165, 1.54) is 6.20 Å². The van der Waals surface area contributed by atoms with Crippen LogP contribution < -0.4 is 0 Å². The van der Waals surface area contributed by atoms with Crippen molar-refractivity contribution in [1.82, 2.24) is 4.98 Å². The molecule has 76 valence electrons. The van der Waals surface area contributed by atoms with E-state index in [9.17, 15) is 0 Å². The second kappa shape index (κ2) is 3.91. The highest BCUT2D eigenvalue weighted by Gasteiger charge is 2.01. The number of aryl methyl sites for hydroxylation is 1. The maximum Gasteiger partial charge on any atom is 0.133 e. The van der Waals surface area contributed by atoms with Crippen LogP contribution in [0.4, 0.5) is 0 Å². The molecule has 1 aromatic heterocycles. The van der Waals surface area contributed by atoms with Crippen LogP contribution >= 0.6 is 11.6 Å². The number of aromatic nitrogens is 1. The van der Waals surface area contributed by atoms with E-state index in [0.29, 0.717) is 0 Å². The molecule has 0 spiro atoms. The second-order valence-electron chi connectivity index (χ2n) is 3.37. The molecule has 2 aromatic rings. The first-order valence-electron chi connectivity index (χ1n) is 4.58. The molecule has 0 unspecified atom stereocenters. The van der Waals surface area contributed by atoms with Crippen molar-refractivity contribution < 1.29 is 5.11 Å². The van der Waals surface area contributed by atoms with E-state index in [-0.39, 0.29) is 5.75 Å². The van der Waals surface area contributed by atoms with Gasteiger partial charge in [-0.1, -0.05) is 17.7 Å². The summed E-state index contributed by atoms with van der Waals surface area (Å²) in [5.41, 5.74) is 2.84. The standard InChI is InChI=1S/C12H10ClNO/c1-8-6-9(2-4-11(8)13)12-5-3-10(15)7-14-12/h2-7,15H,1H3. The molecule has 0 saturated heterocycles. The van der Waals surface area contributed by atoms with E-state index in [1.807, 2.05) is 25.1 Å². The van der Waals surface area contributed by atoms with Crippen molar-refractivity contribution >= 4 is 11.6 Å². The minimum absolute atomic E-state index is 0.171. The van der Waals surface area contributed by atoms with Crippen LogP contribution in [0.3, 0.4) is 0 Å². The number of hydrogen-bond acceptors (Lipinski definition) is 2. The van der Waals surface area contributed by atoms with Crippen molar-refractivity contribution in [2.75, 3.05) is 0 Å². The van der Waals surface area contributed by atoms with Gasteiger partial charge in [-0.15, -0.1) is 0 Å². The predicted molar refractivity (Wildman–Crippen MR) is 61.1 cm³/mol. The van der Waals surface area contributed by atoms with Crippen LogP contribution in [0, 0.1) is 6.92 Å². The molecule has 1 N–H and O–H groups in total. The zero-order valence-corrected chi connectivity index (χ0v) is 8.99. The summed E-state index contributed by atoms with van der Waals surface area (Å²) in [5, 5.41) is 9.87. The summed E-state index contributed by atoms with van der Waals surface area (Å²) in [4.78, 5) is 4.13. The molecule has 0 bridgehead atoms. The summed E-state index contributed by atoms with van der Waals surface area (Å²) in [6.45, 7) is 1.95. The number of halogens is 1. The fourth-order valence-corrected chi connectivity index (χ4v) is 1.48. The van der Waals surface area contributed by atoms with Crippen LogP contribution in [0.2, 0.25) is 5.02 Å². The maximum absolute atomic E-state index is 9.12. The Hall–Kier alpha value is -1.54. The van der Waals surface area contributed by atoms with Crippen LogP contribution in [0.1, 0.15) is 5.56 Å². The lowest BCUT2D eigenvalue weighted by molar-refractivity contribution is 0.473. The molecule has 0 aliphatic carbocycles. The zero-order valence-electron chi connectivity index (χ0n) is 8.24. The van der Waals surface area contributed by atoms with Gasteiger partial charge >= 0.3 is 0 Å². The van der Waals surface area contributed by atoms with Crippen LogP contribution in [0.15, 0.2) is 36.5 Å². The van der Waals surface area contributed by atoms with Gasteiger partial charge in [-0.25, -0.2) is 0 Å². The van der Waals surface area contributed by atoms with E-state index in [0.717, 1.165) is 21.8 Å². The fraction of sp³-hybridized carbons (Fsp3) is 0.0833. The van der Waals surface area contributed by atoms with Gasteiger partial charge in [0.2, 0.25) is 0 Å². The van der Waals surface area contributed by atoms with Crippen LogP contribution in [0.5, 0.6) is 5.75 Å². The Balaban J connectivity index is 2.45. The Bertz CT molecular complexity index is 479. The van der Waals surface area contributed by atoms with Crippen LogP contribution in [0.25, 0.3) is 11.3 Å². The Morgan fingerprint density at radius 2 is 2.00 bits per heavy atom. The lowest BCUT2D eigenvalue weighted by Gasteiger charge is -2.03. The average molecular weight is 220 g/mol. The molecule has 0 radical (unpaired) electrons. The monoisotopic (exact) mass is 219 g/mol. The van der Waals surface area contributed by atoms with Gasteiger partial charge in [-0.2, -0.15) is 0 Å². The molecule has 2 nitrogen and oxygen atoms in total. The van der Waals surface area contributed by atoms with Gasteiger partial charge in [0, 0.05) is 10.6 Å². The molecule has 0 fully saturated rings. The van der Waals surface area contributed by atoms with E-state index < -0.39 is 0 Å². The highest BCUT2D eigenvalue weighted by Crippen LogP contribution is 2.23. The number of aromatic hydroxyl groups is 1. The average Bonchev–Trinajstić information content (AvgIpc) is 2.23. The molecule has 0 amide bonds. The highest BCUT2D eigenvalue weighted by molar-refractivity contribution is 6.31. The summed E-state index contributed by atoms with van der Waals surface area (Å²) in [7, 11) is 0. The summed E-state index contributed by atoms with van der Waals surface area (Å²) in [6, 6.07) is 9.13. The molecular formula is C12H10ClNO. The van der Waals surface area contributed by atoms with Crippen molar-refractivity contribution in [2.24, 2.45) is 0 Å². The zero-order chi connectivity index (χ0) is 10.8. The molecule has 0 saturated carbocycles. The van der Waals surface area contributed by atoms with Crippen LogP contribution in [-0.4, -0.2) is 10.1 Å². The van der Waals surface area contributed by atoms with Crippen molar-refractivity contribution in [1.29, 1.82) is 0 Å². The minimum atomic E-state index is 0.171. The third kappa shape index (κ3) is 2.10. The normalized spacial score (nSPS) is 10.3. The van der Waals surface area contributed by atoms with Crippen molar-refractivity contribution in [3.63, 3.8) is 0 Å². The topological polar surface area (TPSA) is 33.1 Å². The molecule has 15 heavy (non-hydrogen) atoms. The number of rotatable bonds is 1. The molecule has 0 aliphatic rings. The van der Waals surface area contributed by atoms with E-state index in [2.05, 4.69) is 4.98 Å². The summed E-state index contributed by atoms with van der Waals surface area (Å²) in [5.74, 6) is 0.171.